The lowest BCUT2D eigenvalue weighted by Crippen LogP contribution is -2.52. The highest BCUT2D eigenvalue weighted by molar-refractivity contribution is 14.1. The normalized spacial score (nSPS) is 10.2. The van der Waals surface area contributed by atoms with Crippen LogP contribution in [-0.2, 0) is 19.0 Å². The van der Waals surface area contributed by atoms with Crippen LogP contribution in [0.2, 0.25) is 0 Å². The van der Waals surface area contributed by atoms with Crippen LogP contribution >= 0.6 is 22.6 Å². The second kappa shape index (κ2) is 35.8. The number of aromatic amines is 2. The SMILES string of the molecule is C#Cc1ccccc1.C(#Cc1ccc2[nH]ccc2c1)c1ccccc1.CC(C)(C)OC(=O)n1ccc2cc(C#Cc3ccccc3)ccc21.CC(C)(C)OC(=O)n1ccc2cc(I)ccc21.COC(=O)C(=O)c1c[nH]c2ccc(C#Cc3ccccc3)cc12.[B]B([B])B([B])B([B])[B]. The first kappa shape index (κ1) is 73.9. The van der Waals surface area contributed by atoms with Crippen LogP contribution in [0, 0.1) is 51.4 Å². The summed E-state index contributed by atoms with van der Waals surface area (Å²) in [5, 5.41) is 3.86. The van der Waals surface area contributed by atoms with Crippen LogP contribution in [0.3, 0.4) is 0 Å². The molecule has 11 nitrogen and oxygen atoms in total. The van der Waals surface area contributed by atoms with E-state index in [9.17, 15) is 19.2 Å². The van der Waals surface area contributed by atoms with E-state index in [1.54, 1.807) is 18.5 Å². The highest BCUT2D eigenvalue weighted by Gasteiger charge is 2.22. The smallest absolute Gasteiger partial charge is 0.418 e. The van der Waals surface area contributed by atoms with Gasteiger partial charge in [0.05, 0.1) is 23.7 Å². The van der Waals surface area contributed by atoms with Gasteiger partial charge < -0.3 is 24.2 Å². The molecule has 20 heteroatoms. The summed E-state index contributed by atoms with van der Waals surface area (Å²) in [7, 11) is 27.0. The Hall–Kier alpha value is -10.5. The number of hydrogen-bond donors (Lipinski definition) is 2. The Morgan fingerprint density at radius 1 is 0.464 bits per heavy atom. The zero-order chi connectivity index (χ0) is 70.1. The van der Waals surface area contributed by atoms with E-state index in [0.717, 1.165) is 75.4 Å². The fourth-order valence-corrected chi connectivity index (χ4v) is 9.30. The summed E-state index contributed by atoms with van der Waals surface area (Å²) in [6.07, 6.45) is 9.54. The van der Waals surface area contributed by atoms with E-state index in [2.05, 4.69) is 96.9 Å². The van der Waals surface area contributed by atoms with Crippen LogP contribution in [0.25, 0.3) is 43.6 Å². The first-order valence-electron chi connectivity index (χ1n) is 30.5. The molecule has 4 heterocycles. The fourth-order valence-electron chi connectivity index (χ4n) is 8.78. The highest BCUT2D eigenvalue weighted by atomic mass is 127. The number of carbonyl (C=O) groups excluding carboxylic acids is 4. The number of esters is 1. The van der Waals surface area contributed by atoms with E-state index >= 15 is 0 Å². The number of methoxy groups -OCH3 is 1. The number of nitrogens with one attached hydrogen (secondary N) is 2. The number of Topliss-reactive ketones (excluding diaryl/α,β-unsaturated/α-hetero) is 1. The fraction of sp³-hybridized carbons (Fsp3) is 0.117. The van der Waals surface area contributed by atoms with Crippen molar-refractivity contribution >= 4 is 148 Å². The molecular formula is C77H63B8IN4O7. The minimum Gasteiger partial charge on any atom is -0.463 e. The van der Waals surface area contributed by atoms with Gasteiger partial charge >= 0.3 is 18.2 Å². The van der Waals surface area contributed by atoms with Gasteiger partial charge in [-0.3, -0.25) is 13.9 Å². The van der Waals surface area contributed by atoms with Crippen LogP contribution in [0.15, 0.2) is 237 Å². The molecular weight excluding hydrogens is 1310 g/mol. The molecule has 0 saturated carbocycles. The largest absolute Gasteiger partial charge is 0.463 e. The van der Waals surface area contributed by atoms with Gasteiger partial charge in [-0.1, -0.05) is 114 Å². The van der Waals surface area contributed by atoms with Crippen molar-refractivity contribution in [2.75, 3.05) is 7.11 Å². The van der Waals surface area contributed by atoms with E-state index in [1.807, 2.05) is 236 Å². The Balaban J connectivity index is 0.000000171. The van der Waals surface area contributed by atoms with Crippen LogP contribution in [0.5, 0.6) is 0 Å². The minimum absolute atomic E-state index is 0.287. The second-order valence-corrected chi connectivity index (χ2v) is 24.7. The summed E-state index contributed by atoms with van der Waals surface area (Å²) in [6, 6.07) is 68.4. The third-order valence-electron chi connectivity index (χ3n) is 13.6. The Kier molecular flexibility index (Phi) is 27.3. The first-order chi connectivity index (χ1) is 46.4. The predicted molar refractivity (Wildman–Crippen MR) is 410 cm³/mol. The monoisotopic (exact) mass is 1370 g/mol. The molecule has 10 radical (unpaired) electrons. The first-order valence-corrected chi connectivity index (χ1v) is 31.6. The van der Waals surface area contributed by atoms with Crippen molar-refractivity contribution in [2.24, 2.45) is 0 Å². The van der Waals surface area contributed by atoms with Crippen molar-refractivity contribution in [2.45, 2.75) is 52.7 Å². The lowest BCUT2D eigenvalue weighted by Gasteiger charge is -2.19. The van der Waals surface area contributed by atoms with Crippen LogP contribution in [-0.4, -0.2) is 119 Å². The molecule has 464 valence electrons. The summed E-state index contributed by atoms with van der Waals surface area (Å²) in [4.78, 5) is 53.8. The Bertz CT molecular complexity index is 4880. The number of halogens is 1. The number of ketones is 1. The number of hydrogen-bond acceptors (Lipinski definition) is 7. The number of carbonyl (C=O) groups is 4. The number of ether oxygens (including phenoxy) is 3. The second-order valence-electron chi connectivity index (χ2n) is 23.5. The number of benzene rings is 8. The van der Waals surface area contributed by atoms with Gasteiger partial charge in [0.1, 0.15) is 11.2 Å². The van der Waals surface area contributed by atoms with Crippen molar-refractivity contribution in [1.29, 1.82) is 0 Å². The number of terminal acetylenes is 1. The third kappa shape index (κ3) is 23.4. The molecule has 0 atom stereocenters. The maximum atomic E-state index is 12.2. The minimum atomic E-state index is -0.883. The molecule has 12 aromatic rings. The number of nitrogens with zero attached hydrogens (tertiary/aromatic N) is 2. The molecule has 12 rings (SSSR count). The molecule has 8 aromatic carbocycles. The highest BCUT2D eigenvalue weighted by Crippen LogP contribution is 2.24. The Labute approximate surface area is 589 Å². The molecule has 0 amide bonds. The zero-order valence-corrected chi connectivity index (χ0v) is 57.0. The Morgan fingerprint density at radius 2 is 0.866 bits per heavy atom. The Morgan fingerprint density at radius 3 is 1.29 bits per heavy atom. The van der Waals surface area contributed by atoms with Gasteiger partial charge in [0, 0.05) is 158 Å². The molecule has 0 bridgehead atoms. The lowest BCUT2D eigenvalue weighted by atomic mass is 8.68. The summed E-state index contributed by atoms with van der Waals surface area (Å²) >= 11 is 2.25. The van der Waals surface area contributed by atoms with E-state index in [-0.39, 0.29) is 17.7 Å². The molecule has 4 aromatic heterocycles. The number of fused-ring (bicyclic) bond motifs is 4. The molecule has 0 fully saturated rings. The van der Waals surface area contributed by atoms with Crippen molar-refractivity contribution in [3.8, 4) is 47.9 Å². The van der Waals surface area contributed by atoms with Crippen molar-refractivity contribution < 1.29 is 33.4 Å². The molecule has 0 aliphatic carbocycles. The van der Waals surface area contributed by atoms with E-state index in [1.165, 1.54) is 27.8 Å². The number of rotatable bonds is 4. The molecule has 2 N–H and O–H groups in total. The van der Waals surface area contributed by atoms with Gasteiger partial charge in [0.25, 0.3) is 5.78 Å². The van der Waals surface area contributed by atoms with Crippen LogP contribution in [0.1, 0.15) is 90.8 Å². The average Bonchev–Trinajstić information content (AvgIpc) is 1.71. The standard InChI is InChI=1S/C21H19NO2.C19H13NO3.C16H11N.C13H14INO2.C8H6.B8/c1-21(2,3)24-20(23)22-14-13-18-15-17(11-12-19(18)22)10-9-16-7-5-4-6-8-16;1-23-19(22)18(21)16-12-20-17-10-9-14(11-15(16)17)8-7-13-5-3-2-4-6-13;1-2-4-13(5-3-1)6-7-14-8-9-16-15(12-14)10-11-17-16;1-13(2,3)17-12(16)15-7-6-9-8-10(14)4-5-11(9)15;1-2-8-6-4-3-5-7-8;1-6(2)8(5)7(3)4/h4-8,11-15H,1-3H3;2-6,9-12,20H,1H3;1-5,8-12,17H;4-8H,1-3H3;1,3-7H;. The van der Waals surface area contributed by atoms with Gasteiger partial charge in [-0.2, -0.15) is 0 Å². The number of aromatic nitrogens is 4. The van der Waals surface area contributed by atoms with Gasteiger partial charge in [-0.15, -0.1) is 6.42 Å². The molecule has 0 spiro atoms. The van der Waals surface area contributed by atoms with Gasteiger partial charge in [-0.05, 0) is 204 Å². The third-order valence-corrected chi connectivity index (χ3v) is 14.2. The van der Waals surface area contributed by atoms with E-state index in [4.69, 9.17) is 54.6 Å². The van der Waals surface area contributed by atoms with Crippen molar-refractivity contribution in [3.05, 3.63) is 285 Å². The maximum Gasteiger partial charge on any atom is 0.418 e. The van der Waals surface area contributed by atoms with Crippen LogP contribution < -0.4 is 0 Å². The molecule has 0 saturated heterocycles. The van der Waals surface area contributed by atoms with Gasteiger partial charge in [0.2, 0.25) is 0 Å². The summed E-state index contributed by atoms with van der Waals surface area (Å²) in [5.41, 5.74) is 9.48. The molecule has 97 heavy (non-hydrogen) atoms. The number of H-pyrrole nitrogens is 2. The van der Waals surface area contributed by atoms with Crippen molar-refractivity contribution in [1.82, 2.24) is 19.1 Å². The predicted octanol–water partition coefficient (Wildman–Crippen LogP) is 14.0. The van der Waals surface area contributed by atoms with Gasteiger partial charge in [0.15, 0.2) is 0 Å². The molecule has 0 unspecified atom stereocenters. The molecule has 0 aliphatic rings. The summed E-state index contributed by atoms with van der Waals surface area (Å²) in [5.74, 6) is 19.7. The quantitative estimate of drug-likeness (QED) is 0.0340. The lowest BCUT2D eigenvalue weighted by molar-refractivity contribution is -0.135. The van der Waals surface area contributed by atoms with Crippen molar-refractivity contribution in [3.63, 3.8) is 0 Å². The topological polar surface area (TPSA) is 137 Å². The zero-order valence-electron chi connectivity index (χ0n) is 54.8. The van der Waals surface area contributed by atoms with E-state index in [0.29, 0.717) is 5.39 Å². The molecule has 0 aliphatic heterocycles. The maximum absolute atomic E-state index is 12.2. The summed E-state index contributed by atoms with van der Waals surface area (Å²) in [6.45, 7) is 11.1. The average molecular weight is 1370 g/mol. The van der Waals surface area contributed by atoms with Gasteiger partial charge in [-0.25, -0.2) is 14.4 Å². The summed E-state index contributed by atoms with van der Waals surface area (Å²) < 4.78 is 19.5. The van der Waals surface area contributed by atoms with Crippen LogP contribution in [0.4, 0.5) is 9.59 Å². The van der Waals surface area contributed by atoms with E-state index < -0.39 is 42.1 Å².